The SMILES string of the molecule is CC(C)Oc1cc(NC(C)c2ccc(Cl)s2)c(N)cc1F. The molecule has 0 aliphatic rings. The van der Waals surface area contributed by atoms with Gasteiger partial charge in [-0.25, -0.2) is 4.39 Å². The van der Waals surface area contributed by atoms with Crippen LogP contribution < -0.4 is 15.8 Å². The maximum atomic E-state index is 13.8. The number of nitrogens with two attached hydrogens (primary N) is 1. The second-order valence-corrected chi connectivity index (χ2v) is 6.79. The fourth-order valence-corrected chi connectivity index (χ4v) is 2.97. The lowest BCUT2D eigenvalue weighted by Gasteiger charge is -2.18. The number of benzene rings is 1. The van der Waals surface area contributed by atoms with Crippen molar-refractivity contribution in [2.45, 2.75) is 32.9 Å². The minimum Gasteiger partial charge on any atom is -0.488 e. The van der Waals surface area contributed by atoms with E-state index in [9.17, 15) is 4.39 Å². The van der Waals surface area contributed by atoms with Crippen LogP contribution in [0.5, 0.6) is 5.75 Å². The summed E-state index contributed by atoms with van der Waals surface area (Å²) in [6.45, 7) is 5.69. The first kappa shape index (κ1) is 15.9. The van der Waals surface area contributed by atoms with E-state index in [4.69, 9.17) is 22.1 Å². The Balaban J connectivity index is 2.22. The van der Waals surface area contributed by atoms with Crippen molar-refractivity contribution in [3.63, 3.8) is 0 Å². The van der Waals surface area contributed by atoms with Crippen LogP contribution in [0.15, 0.2) is 24.3 Å². The number of hydrogen-bond acceptors (Lipinski definition) is 4. The van der Waals surface area contributed by atoms with E-state index in [0.29, 0.717) is 11.4 Å². The van der Waals surface area contributed by atoms with Gasteiger partial charge in [0, 0.05) is 17.0 Å². The zero-order chi connectivity index (χ0) is 15.6. The molecule has 1 aromatic carbocycles. The molecule has 0 saturated heterocycles. The van der Waals surface area contributed by atoms with Crippen molar-refractivity contribution < 1.29 is 9.13 Å². The molecule has 6 heteroatoms. The minimum atomic E-state index is -0.460. The smallest absolute Gasteiger partial charge is 0.167 e. The molecule has 21 heavy (non-hydrogen) atoms. The van der Waals surface area contributed by atoms with E-state index in [0.717, 1.165) is 9.21 Å². The largest absolute Gasteiger partial charge is 0.488 e. The molecule has 0 spiro atoms. The normalized spacial score (nSPS) is 12.5. The van der Waals surface area contributed by atoms with Gasteiger partial charge in [-0.1, -0.05) is 11.6 Å². The molecule has 0 aliphatic carbocycles. The summed E-state index contributed by atoms with van der Waals surface area (Å²) >= 11 is 7.43. The van der Waals surface area contributed by atoms with Crippen LogP contribution >= 0.6 is 22.9 Å². The summed E-state index contributed by atoms with van der Waals surface area (Å²) in [5.41, 5.74) is 6.86. The lowest BCUT2D eigenvalue weighted by molar-refractivity contribution is 0.231. The summed E-state index contributed by atoms with van der Waals surface area (Å²) in [4.78, 5) is 1.08. The van der Waals surface area contributed by atoms with Gasteiger partial charge in [-0.15, -0.1) is 11.3 Å². The Bertz CT molecular complexity index is 630. The van der Waals surface area contributed by atoms with Crippen molar-refractivity contribution in [2.24, 2.45) is 0 Å². The Morgan fingerprint density at radius 1 is 1.29 bits per heavy atom. The van der Waals surface area contributed by atoms with Gasteiger partial charge < -0.3 is 15.8 Å². The van der Waals surface area contributed by atoms with Gasteiger partial charge in [0.25, 0.3) is 0 Å². The number of halogens is 2. The third-order valence-corrected chi connectivity index (χ3v) is 4.27. The van der Waals surface area contributed by atoms with Gasteiger partial charge >= 0.3 is 0 Å². The average Bonchev–Trinajstić information content (AvgIpc) is 2.81. The molecule has 1 atom stereocenters. The van der Waals surface area contributed by atoms with E-state index >= 15 is 0 Å². The molecule has 0 aliphatic heterocycles. The predicted octanol–water partition coefficient (Wildman–Crippen LogP) is 5.08. The Morgan fingerprint density at radius 2 is 2.00 bits per heavy atom. The van der Waals surface area contributed by atoms with Crippen molar-refractivity contribution in [1.29, 1.82) is 0 Å². The Kier molecular flexibility index (Phi) is 4.96. The quantitative estimate of drug-likeness (QED) is 0.752. The number of rotatable bonds is 5. The Hall–Kier alpha value is -1.46. The average molecular weight is 329 g/mol. The molecule has 1 aromatic heterocycles. The zero-order valence-electron chi connectivity index (χ0n) is 12.1. The second kappa shape index (κ2) is 6.54. The van der Waals surface area contributed by atoms with Crippen LogP contribution in [-0.4, -0.2) is 6.10 Å². The first-order chi connectivity index (χ1) is 9.86. The summed E-state index contributed by atoms with van der Waals surface area (Å²) < 4.78 is 20.0. The molecule has 0 amide bonds. The summed E-state index contributed by atoms with van der Waals surface area (Å²) in [7, 11) is 0. The van der Waals surface area contributed by atoms with Crippen LogP contribution in [0.2, 0.25) is 4.34 Å². The predicted molar refractivity (Wildman–Crippen MR) is 87.9 cm³/mol. The molecule has 1 unspecified atom stereocenters. The molecule has 3 N–H and O–H groups in total. The molecule has 1 heterocycles. The van der Waals surface area contributed by atoms with Crippen LogP contribution in [0.25, 0.3) is 0 Å². The highest BCUT2D eigenvalue weighted by Gasteiger charge is 2.14. The molecule has 0 radical (unpaired) electrons. The van der Waals surface area contributed by atoms with Gasteiger partial charge in [0.1, 0.15) is 0 Å². The molecule has 0 bridgehead atoms. The van der Waals surface area contributed by atoms with Crippen molar-refractivity contribution in [3.05, 3.63) is 39.3 Å². The van der Waals surface area contributed by atoms with Crippen LogP contribution in [0.3, 0.4) is 0 Å². The van der Waals surface area contributed by atoms with Crippen molar-refractivity contribution in [3.8, 4) is 5.75 Å². The topological polar surface area (TPSA) is 47.3 Å². The van der Waals surface area contributed by atoms with Crippen LogP contribution in [0, 0.1) is 5.82 Å². The molecule has 3 nitrogen and oxygen atoms in total. The summed E-state index contributed by atoms with van der Waals surface area (Å²) in [5.74, 6) is -0.267. The Labute approximate surface area is 132 Å². The highest BCUT2D eigenvalue weighted by molar-refractivity contribution is 7.16. The van der Waals surface area contributed by atoms with E-state index in [-0.39, 0.29) is 17.9 Å². The Morgan fingerprint density at radius 3 is 2.57 bits per heavy atom. The van der Waals surface area contributed by atoms with E-state index in [1.54, 1.807) is 6.07 Å². The maximum Gasteiger partial charge on any atom is 0.167 e. The van der Waals surface area contributed by atoms with Gasteiger partial charge in [-0.3, -0.25) is 0 Å². The van der Waals surface area contributed by atoms with Gasteiger partial charge in [0.05, 0.1) is 27.9 Å². The third kappa shape index (κ3) is 4.02. The molecular formula is C15H18ClFN2OS. The van der Waals surface area contributed by atoms with Gasteiger partial charge in [-0.05, 0) is 32.9 Å². The molecule has 0 fully saturated rings. The number of nitrogen functional groups attached to an aromatic ring is 1. The van der Waals surface area contributed by atoms with Gasteiger partial charge in [0.15, 0.2) is 11.6 Å². The second-order valence-electron chi connectivity index (χ2n) is 5.04. The van der Waals surface area contributed by atoms with Crippen LogP contribution in [0.1, 0.15) is 31.7 Å². The van der Waals surface area contributed by atoms with E-state index < -0.39 is 5.82 Å². The molecule has 0 saturated carbocycles. The molecular weight excluding hydrogens is 311 g/mol. The lowest BCUT2D eigenvalue weighted by atomic mass is 10.2. The van der Waals surface area contributed by atoms with Crippen molar-refractivity contribution >= 4 is 34.3 Å². The van der Waals surface area contributed by atoms with E-state index in [1.165, 1.54) is 17.4 Å². The molecule has 2 rings (SSSR count). The number of thiophene rings is 1. The molecule has 114 valence electrons. The number of hydrogen-bond donors (Lipinski definition) is 2. The first-order valence-electron chi connectivity index (χ1n) is 6.64. The maximum absolute atomic E-state index is 13.8. The lowest BCUT2D eigenvalue weighted by Crippen LogP contribution is -2.10. The highest BCUT2D eigenvalue weighted by Crippen LogP contribution is 2.33. The van der Waals surface area contributed by atoms with Crippen LogP contribution in [-0.2, 0) is 0 Å². The minimum absolute atomic E-state index is 0.0159. The number of anilines is 2. The fourth-order valence-electron chi connectivity index (χ4n) is 1.90. The van der Waals surface area contributed by atoms with Gasteiger partial charge in [-0.2, -0.15) is 0 Å². The first-order valence-corrected chi connectivity index (χ1v) is 7.83. The third-order valence-electron chi connectivity index (χ3n) is 2.86. The van der Waals surface area contributed by atoms with Gasteiger partial charge in [0.2, 0.25) is 0 Å². The van der Waals surface area contributed by atoms with Crippen molar-refractivity contribution in [2.75, 3.05) is 11.1 Å². The number of ether oxygens (including phenoxy) is 1. The zero-order valence-corrected chi connectivity index (χ0v) is 13.7. The summed E-state index contributed by atoms with van der Waals surface area (Å²) in [6.07, 6.45) is -0.107. The van der Waals surface area contributed by atoms with E-state index in [2.05, 4.69) is 5.32 Å². The standard InChI is InChI=1S/C15H18ClFN2OS/c1-8(2)20-13-7-12(11(18)6-10(13)17)19-9(3)14-4-5-15(16)21-14/h4-9,19H,18H2,1-3H3. The van der Waals surface area contributed by atoms with E-state index in [1.807, 2.05) is 32.9 Å². The highest BCUT2D eigenvalue weighted by atomic mass is 35.5. The summed E-state index contributed by atoms with van der Waals surface area (Å²) in [5, 5.41) is 3.26. The monoisotopic (exact) mass is 328 g/mol. The molecule has 2 aromatic rings. The fraction of sp³-hybridized carbons (Fsp3) is 0.333. The van der Waals surface area contributed by atoms with Crippen LogP contribution in [0.4, 0.5) is 15.8 Å². The van der Waals surface area contributed by atoms with Crippen molar-refractivity contribution in [1.82, 2.24) is 0 Å². The summed E-state index contributed by atoms with van der Waals surface area (Å²) in [6, 6.07) is 6.68. The number of nitrogens with one attached hydrogen (secondary N) is 1.